The number of rotatable bonds is 3. The van der Waals surface area contributed by atoms with E-state index in [4.69, 9.17) is 4.74 Å². The number of methoxy groups -OCH3 is 1. The van der Waals surface area contributed by atoms with Crippen molar-refractivity contribution in [3.8, 4) is 5.75 Å². The second-order valence-electron chi connectivity index (χ2n) is 4.63. The molecular formula is C14H17N3O. The first kappa shape index (κ1) is 11.3. The van der Waals surface area contributed by atoms with Crippen LogP contribution in [0.5, 0.6) is 5.75 Å². The fraction of sp³-hybridized carbons (Fsp3) is 0.429. The molecule has 0 atom stereocenters. The largest absolute Gasteiger partial charge is 0.496 e. The summed E-state index contributed by atoms with van der Waals surface area (Å²) >= 11 is 0. The van der Waals surface area contributed by atoms with Crippen LogP contribution in [0.3, 0.4) is 0 Å². The van der Waals surface area contributed by atoms with Crippen LogP contribution in [0.4, 0.5) is 0 Å². The van der Waals surface area contributed by atoms with Crippen LogP contribution in [0.2, 0.25) is 0 Å². The summed E-state index contributed by atoms with van der Waals surface area (Å²) in [5, 5.41) is 8.61. The first-order valence-corrected chi connectivity index (χ1v) is 6.41. The third-order valence-corrected chi connectivity index (χ3v) is 3.48. The molecule has 0 unspecified atom stereocenters. The highest BCUT2D eigenvalue weighted by atomic mass is 16.5. The highest BCUT2D eigenvalue weighted by Gasteiger charge is 2.16. The molecule has 2 aromatic rings. The number of benzene rings is 1. The quantitative estimate of drug-likeness (QED) is 0.829. The molecule has 0 saturated carbocycles. The highest BCUT2D eigenvalue weighted by molar-refractivity contribution is 5.35. The summed E-state index contributed by atoms with van der Waals surface area (Å²) in [4.78, 5) is 0. The standard InChI is InChI=1S/C14H17N3O/c1-18-12-7-3-2-6-11(12)10-14-16-15-13-8-4-5-9-17(13)14/h2-3,6-7H,4-5,8-10H2,1H3. The molecule has 1 aromatic carbocycles. The summed E-state index contributed by atoms with van der Waals surface area (Å²) in [7, 11) is 1.71. The first-order chi connectivity index (χ1) is 8.88. The van der Waals surface area contributed by atoms with Crippen LogP contribution in [0, 0.1) is 0 Å². The molecule has 4 nitrogen and oxygen atoms in total. The number of nitrogens with zero attached hydrogens (tertiary/aromatic N) is 3. The Bertz CT molecular complexity index is 548. The van der Waals surface area contributed by atoms with Crippen molar-refractivity contribution in [1.82, 2.24) is 14.8 Å². The van der Waals surface area contributed by atoms with Gasteiger partial charge in [0.2, 0.25) is 0 Å². The van der Waals surface area contributed by atoms with Crippen LogP contribution in [-0.2, 0) is 19.4 Å². The van der Waals surface area contributed by atoms with Gasteiger partial charge in [0.15, 0.2) is 0 Å². The highest BCUT2D eigenvalue weighted by Crippen LogP contribution is 2.22. The molecule has 94 valence electrons. The molecule has 0 saturated heterocycles. The molecule has 0 amide bonds. The lowest BCUT2D eigenvalue weighted by Crippen LogP contribution is -2.13. The van der Waals surface area contributed by atoms with Crippen molar-refractivity contribution >= 4 is 0 Å². The Balaban J connectivity index is 1.90. The maximum atomic E-state index is 5.38. The third kappa shape index (κ3) is 1.98. The summed E-state index contributed by atoms with van der Waals surface area (Å²) in [5.74, 6) is 3.10. The zero-order valence-corrected chi connectivity index (χ0v) is 10.6. The summed E-state index contributed by atoms with van der Waals surface area (Å²) < 4.78 is 7.64. The molecule has 0 aliphatic carbocycles. The molecular weight excluding hydrogens is 226 g/mol. The number of fused-ring (bicyclic) bond motifs is 1. The van der Waals surface area contributed by atoms with Crippen molar-refractivity contribution in [3.63, 3.8) is 0 Å². The van der Waals surface area contributed by atoms with Gasteiger partial charge in [0.25, 0.3) is 0 Å². The molecule has 18 heavy (non-hydrogen) atoms. The van der Waals surface area contributed by atoms with Gasteiger partial charge in [0.1, 0.15) is 17.4 Å². The van der Waals surface area contributed by atoms with Crippen molar-refractivity contribution in [2.24, 2.45) is 0 Å². The number of ether oxygens (including phenoxy) is 1. The van der Waals surface area contributed by atoms with E-state index >= 15 is 0 Å². The summed E-state index contributed by atoms with van der Waals surface area (Å²) in [6.07, 6.45) is 4.30. The Kier molecular flexibility index (Phi) is 3.00. The van der Waals surface area contributed by atoms with Crippen molar-refractivity contribution in [1.29, 1.82) is 0 Å². The number of aromatic nitrogens is 3. The fourth-order valence-electron chi connectivity index (χ4n) is 2.52. The van der Waals surface area contributed by atoms with Crippen LogP contribution in [0.15, 0.2) is 24.3 Å². The minimum absolute atomic E-state index is 0.789. The topological polar surface area (TPSA) is 39.9 Å². The van der Waals surface area contributed by atoms with Gasteiger partial charge < -0.3 is 9.30 Å². The molecule has 0 bridgehead atoms. The Morgan fingerprint density at radius 1 is 1.22 bits per heavy atom. The van der Waals surface area contributed by atoms with E-state index in [0.29, 0.717) is 0 Å². The number of aryl methyl sites for hydroxylation is 1. The lowest BCUT2D eigenvalue weighted by Gasteiger charge is -2.15. The summed E-state index contributed by atoms with van der Waals surface area (Å²) in [5.41, 5.74) is 1.17. The average Bonchev–Trinajstić information content (AvgIpc) is 2.83. The molecule has 0 fully saturated rings. The lowest BCUT2D eigenvalue weighted by atomic mass is 10.1. The van der Waals surface area contributed by atoms with Crippen LogP contribution in [0.1, 0.15) is 30.1 Å². The average molecular weight is 243 g/mol. The molecule has 1 aliphatic heterocycles. The Labute approximate surface area is 107 Å². The van der Waals surface area contributed by atoms with Gasteiger partial charge >= 0.3 is 0 Å². The Hall–Kier alpha value is -1.84. The predicted molar refractivity (Wildman–Crippen MR) is 68.8 cm³/mol. The normalized spacial score (nSPS) is 14.3. The maximum Gasteiger partial charge on any atom is 0.137 e. The van der Waals surface area contributed by atoms with Crippen LogP contribution in [-0.4, -0.2) is 21.9 Å². The second kappa shape index (κ2) is 4.80. The van der Waals surface area contributed by atoms with Crippen molar-refractivity contribution in [3.05, 3.63) is 41.5 Å². The van der Waals surface area contributed by atoms with Crippen LogP contribution >= 0.6 is 0 Å². The molecule has 3 rings (SSSR count). The van der Waals surface area contributed by atoms with E-state index in [0.717, 1.165) is 36.8 Å². The molecule has 2 heterocycles. The van der Waals surface area contributed by atoms with Crippen molar-refractivity contribution in [2.45, 2.75) is 32.2 Å². The molecule has 0 radical (unpaired) electrons. The van der Waals surface area contributed by atoms with E-state index in [2.05, 4.69) is 20.8 Å². The summed E-state index contributed by atoms with van der Waals surface area (Å²) in [6.45, 7) is 1.05. The van der Waals surface area contributed by atoms with Gasteiger partial charge in [-0.2, -0.15) is 0 Å². The first-order valence-electron chi connectivity index (χ1n) is 6.41. The zero-order chi connectivity index (χ0) is 12.4. The van der Waals surface area contributed by atoms with Crippen LogP contribution in [0.25, 0.3) is 0 Å². The fourth-order valence-corrected chi connectivity index (χ4v) is 2.52. The predicted octanol–water partition coefficient (Wildman–Crippen LogP) is 2.21. The number of hydrogen-bond donors (Lipinski definition) is 0. The maximum absolute atomic E-state index is 5.38. The van der Waals surface area contributed by atoms with Crippen LogP contribution < -0.4 is 4.74 Å². The molecule has 4 heteroatoms. The minimum Gasteiger partial charge on any atom is -0.496 e. The zero-order valence-electron chi connectivity index (χ0n) is 10.6. The second-order valence-corrected chi connectivity index (χ2v) is 4.63. The lowest BCUT2D eigenvalue weighted by molar-refractivity contribution is 0.409. The van der Waals surface area contributed by atoms with Crippen molar-refractivity contribution < 1.29 is 4.74 Å². The van der Waals surface area contributed by atoms with E-state index in [9.17, 15) is 0 Å². The van der Waals surface area contributed by atoms with E-state index in [1.54, 1.807) is 7.11 Å². The monoisotopic (exact) mass is 243 g/mol. The van der Waals surface area contributed by atoms with Crippen molar-refractivity contribution in [2.75, 3.05) is 7.11 Å². The SMILES string of the molecule is COc1ccccc1Cc1nnc2n1CCCC2. The van der Waals surface area contributed by atoms with Gasteiger partial charge in [-0.1, -0.05) is 18.2 Å². The Morgan fingerprint density at radius 2 is 2.11 bits per heavy atom. The van der Waals surface area contributed by atoms with E-state index in [1.807, 2.05) is 18.2 Å². The van der Waals surface area contributed by atoms with Gasteiger partial charge in [0.05, 0.1) is 7.11 Å². The third-order valence-electron chi connectivity index (χ3n) is 3.48. The smallest absolute Gasteiger partial charge is 0.137 e. The molecule has 0 spiro atoms. The van der Waals surface area contributed by atoms with E-state index in [1.165, 1.54) is 18.4 Å². The van der Waals surface area contributed by atoms with Gasteiger partial charge in [-0.25, -0.2) is 0 Å². The van der Waals surface area contributed by atoms with Gasteiger partial charge in [-0.15, -0.1) is 10.2 Å². The molecule has 1 aromatic heterocycles. The van der Waals surface area contributed by atoms with E-state index < -0.39 is 0 Å². The van der Waals surface area contributed by atoms with Gasteiger partial charge in [-0.05, 0) is 18.9 Å². The van der Waals surface area contributed by atoms with E-state index in [-0.39, 0.29) is 0 Å². The number of hydrogen-bond acceptors (Lipinski definition) is 3. The van der Waals surface area contributed by atoms with Gasteiger partial charge in [0, 0.05) is 24.9 Å². The number of para-hydroxylation sites is 1. The summed E-state index contributed by atoms with van der Waals surface area (Å²) in [6, 6.07) is 8.10. The Morgan fingerprint density at radius 3 is 3.00 bits per heavy atom. The van der Waals surface area contributed by atoms with Gasteiger partial charge in [-0.3, -0.25) is 0 Å². The molecule has 0 N–H and O–H groups in total. The molecule has 1 aliphatic rings. The minimum atomic E-state index is 0.789.